The summed E-state index contributed by atoms with van der Waals surface area (Å²) < 4.78 is 26.4. The highest BCUT2D eigenvalue weighted by molar-refractivity contribution is 9.10. The van der Waals surface area contributed by atoms with Gasteiger partial charge in [0.2, 0.25) is 0 Å². The molecule has 2 aromatic rings. The molecule has 1 atom stereocenters. The number of hydrogen-bond donors (Lipinski definition) is 1. The van der Waals surface area contributed by atoms with Crippen molar-refractivity contribution < 1.29 is 23.5 Å². The fourth-order valence-electron chi connectivity index (χ4n) is 4.76. The number of rotatable bonds is 6. The number of alkyl carbamates (subject to hydrolysis) is 1. The molecular weight excluding hydrogens is 587 g/mol. The molecule has 0 radical (unpaired) electrons. The molecule has 0 aliphatic heterocycles. The average Bonchev–Trinajstić information content (AvgIpc) is 2.82. The predicted molar refractivity (Wildman–Crippen MR) is 156 cm³/mol. The van der Waals surface area contributed by atoms with E-state index in [0.29, 0.717) is 42.3 Å². The van der Waals surface area contributed by atoms with Crippen molar-refractivity contribution >= 4 is 39.7 Å². The Morgan fingerprint density at radius 2 is 1.59 bits per heavy atom. The van der Waals surface area contributed by atoms with E-state index in [-0.39, 0.29) is 23.0 Å². The lowest BCUT2D eigenvalue weighted by Gasteiger charge is -2.39. The van der Waals surface area contributed by atoms with Crippen molar-refractivity contribution in [2.24, 2.45) is 0 Å². The largest absolute Gasteiger partial charge is 0.444 e. The molecule has 1 fully saturated rings. The van der Waals surface area contributed by atoms with Crippen molar-refractivity contribution in [2.75, 3.05) is 6.54 Å². The third-order valence-corrected chi connectivity index (χ3v) is 7.71. The third kappa shape index (κ3) is 9.38. The standard InChI is InChI=1S/C30H39BrClFN2O4/c1-29(2,3)38-27(36)34-21-12-14-22(15-13-21)35(28(37)39-30(4,5)6)18-23(19-10-8-7-9-11-19)20-16-24(31)26(32)25(33)17-20/h7-11,16-17,21-23H,12-15,18H2,1-6H3,(H,34,36). The summed E-state index contributed by atoms with van der Waals surface area (Å²) in [6.07, 6.45) is 1.90. The number of nitrogens with zero attached hydrogens (tertiary/aromatic N) is 1. The number of halogens is 3. The smallest absolute Gasteiger partial charge is 0.410 e. The zero-order valence-corrected chi connectivity index (χ0v) is 25.9. The Bertz CT molecular complexity index is 1120. The molecule has 2 amide bonds. The van der Waals surface area contributed by atoms with Crippen molar-refractivity contribution in [3.8, 4) is 0 Å². The zero-order valence-electron chi connectivity index (χ0n) is 23.5. The lowest BCUT2D eigenvalue weighted by molar-refractivity contribution is 0.00941. The number of ether oxygens (including phenoxy) is 2. The quantitative estimate of drug-likeness (QED) is 0.327. The maximum Gasteiger partial charge on any atom is 0.410 e. The summed E-state index contributed by atoms with van der Waals surface area (Å²) in [5.74, 6) is -0.848. The molecular formula is C30H39BrClFN2O4. The van der Waals surface area contributed by atoms with Crippen LogP contribution in [-0.2, 0) is 9.47 Å². The van der Waals surface area contributed by atoms with Crippen molar-refractivity contribution in [3.05, 3.63) is 68.9 Å². The minimum Gasteiger partial charge on any atom is -0.444 e. The first kappa shape index (κ1) is 31.2. The summed E-state index contributed by atoms with van der Waals surface area (Å²) in [6, 6.07) is 12.8. The number of carbonyl (C=O) groups excluding carboxylic acids is 2. The molecule has 214 valence electrons. The Kier molecular flexibility index (Phi) is 10.3. The van der Waals surface area contributed by atoms with Gasteiger partial charge in [-0.3, -0.25) is 0 Å². The molecule has 6 nitrogen and oxygen atoms in total. The molecule has 0 aromatic heterocycles. The molecule has 1 aliphatic carbocycles. The fourth-order valence-corrected chi connectivity index (χ4v) is 5.32. The Balaban J connectivity index is 1.87. The van der Waals surface area contributed by atoms with Crippen LogP contribution in [0.5, 0.6) is 0 Å². The van der Waals surface area contributed by atoms with Gasteiger partial charge in [-0.25, -0.2) is 14.0 Å². The Morgan fingerprint density at radius 3 is 2.13 bits per heavy atom. The molecule has 1 saturated carbocycles. The fraction of sp³-hybridized carbons (Fsp3) is 0.533. The van der Waals surface area contributed by atoms with Gasteiger partial charge >= 0.3 is 12.2 Å². The maximum absolute atomic E-state index is 14.7. The van der Waals surface area contributed by atoms with Crippen LogP contribution in [0.4, 0.5) is 14.0 Å². The summed E-state index contributed by atoms with van der Waals surface area (Å²) in [4.78, 5) is 27.6. The van der Waals surface area contributed by atoms with E-state index >= 15 is 0 Å². The van der Waals surface area contributed by atoms with Gasteiger partial charge in [-0.15, -0.1) is 0 Å². The summed E-state index contributed by atoms with van der Waals surface area (Å²) in [5.41, 5.74) is 0.392. The van der Waals surface area contributed by atoms with Crippen LogP contribution in [0.15, 0.2) is 46.9 Å². The van der Waals surface area contributed by atoms with Gasteiger partial charge in [-0.2, -0.15) is 0 Å². The van der Waals surface area contributed by atoms with Crippen molar-refractivity contribution in [3.63, 3.8) is 0 Å². The Labute approximate surface area is 244 Å². The van der Waals surface area contributed by atoms with E-state index < -0.39 is 29.2 Å². The molecule has 3 rings (SSSR count). The van der Waals surface area contributed by atoms with Crippen LogP contribution in [0, 0.1) is 5.82 Å². The molecule has 2 aromatic carbocycles. The normalized spacial score (nSPS) is 18.7. The number of hydrogen-bond acceptors (Lipinski definition) is 4. The van der Waals surface area contributed by atoms with Gasteiger partial charge in [0.25, 0.3) is 0 Å². The molecule has 1 unspecified atom stereocenters. The van der Waals surface area contributed by atoms with Crippen LogP contribution in [0.1, 0.15) is 84.3 Å². The highest BCUT2D eigenvalue weighted by Crippen LogP contribution is 2.35. The molecule has 1 aliphatic rings. The van der Waals surface area contributed by atoms with E-state index in [1.807, 2.05) is 71.9 Å². The lowest BCUT2D eigenvalue weighted by Crippen LogP contribution is -2.49. The van der Waals surface area contributed by atoms with Crippen LogP contribution in [0.3, 0.4) is 0 Å². The van der Waals surface area contributed by atoms with Crippen LogP contribution < -0.4 is 5.32 Å². The number of benzene rings is 2. The maximum atomic E-state index is 14.7. The predicted octanol–water partition coefficient (Wildman–Crippen LogP) is 8.45. The highest BCUT2D eigenvalue weighted by atomic mass is 79.9. The van der Waals surface area contributed by atoms with Gasteiger partial charge in [0.05, 0.1) is 5.02 Å². The Hall–Kier alpha value is -2.32. The summed E-state index contributed by atoms with van der Waals surface area (Å²) in [5, 5.41) is 2.98. The van der Waals surface area contributed by atoms with E-state index in [4.69, 9.17) is 21.1 Å². The lowest BCUT2D eigenvalue weighted by atomic mass is 9.87. The van der Waals surface area contributed by atoms with Gasteiger partial charge in [0.1, 0.15) is 17.0 Å². The van der Waals surface area contributed by atoms with E-state index in [9.17, 15) is 14.0 Å². The summed E-state index contributed by atoms with van der Waals surface area (Å²) >= 11 is 9.46. The van der Waals surface area contributed by atoms with E-state index in [0.717, 1.165) is 5.56 Å². The van der Waals surface area contributed by atoms with Crippen molar-refractivity contribution in [2.45, 2.75) is 96.4 Å². The van der Waals surface area contributed by atoms with Gasteiger partial charge in [0.15, 0.2) is 0 Å². The minimum absolute atomic E-state index is 0.0189. The molecule has 9 heteroatoms. The SMILES string of the molecule is CC(C)(C)OC(=O)NC1CCC(N(CC(c2ccccc2)c2cc(F)c(Cl)c(Br)c2)C(=O)OC(C)(C)C)CC1. The van der Waals surface area contributed by atoms with Gasteiger partial charge in [-0.05, 0) is 106 Å². The average molecular weight is 626 g/mol. The van der Waals surface area contributed by atoms with Crippen LogP contribution in [-0.4, -0.2) is 46.9 Å². The van der Waals surface area contributed by atoms with Crippen molar-refractivity contribution in [1.82, 2.24) is 10.2 Å². The van der Waals surface area contributed by atoms with E-state index in [1.54, 1.807) is 11.0 Å². The van der Waals surface area contributed by atoms with Crippen LogP contribution in [0.2, 0.25) is 5.02 Å². The Morgan fingerprint density at radius 1 is 1.00 bits per heavy atom. The molecule has 0 spiro atoms. The molecule has 39 heavy (non-hydrogen) atoms. The summed E-state index contributed by atoms with van der Waals surface area (Å²) in [7, 11) is 0. The molecule has 0 saturated heterocycles. The molecule has 0 heterocycles. The summed E-state index contributed by atoms with van der Waals surface area (Å²) in [6.45, 7) is 11.3. The van der Waals surface area contributed by atoms with Gasteiger partial charge in [-0.1, -0.05) is 41.9 Å². The number of nitrogens with one attached hydrogen (secondary N) is 1. The van der Waals surface area contributed by atoms with E-state index in [2.05, 4.69) is 21.2 Å². The van der Waals surface area contributed by atoms with Crippen molar-refractivity contribution in [1.29, 1.82) is 0 Å². The van der Waals surface area contributed by atoms with E-state index in [1.165, 1.54) is 6.07 Å². The molecule has 0 bridgehead atoms. The second-order valence-corrected chi connectivity index (χ2v) is 13.3. The van der Waals surface area contributed by atoms with Gasteiger partial charge < -0.3 is 19.7 Å². The highest BCUT2D eigenvalue weighted by Gasteiger charge is 2.35. The second kappa shape index (κ2) is 12.9. The second-order valence-electron chi connectivity index (χ2n) is 12.0. The first-order valence-electron chi connectivity index (χ1n) is 13.3. The third-order valence-electron chi connectivity index (χ3n) is 6.48. The first-order chi connectivity index (χ1) is 18.1. The zero-order chi connectivity index (χ0) is 29.0. The number of carbonyl (C=O) groups is 2. The molecule has 1 N–H and O–H groups in total. The minimum atomic E-state index is -0.678. The van der Waals surface area contributed by atoms with Crippen LogP contribution in [0.25, 0.3) is 0 Å². The van der Waals surface area contributed by atoms with Crippen LogP contribution >= 0.6 is 27.5 Å². The van der Waals surface area contributed by atoms with Gasteiger partial charge in [0, 0.05) is 29.0 Å². The monoisotopic (exact) mass is 624 g/mol. The topological polar surface area (TPSA) is 67.9 Å². The number of amides is 2. The first-order valence-corrected chi connectivity index (χ1v) is 14.5.